The van der Waals surface area contributed by atoms with Crippen LogP contribution in [0, 0.1) is 0 Å². The lowest BCUT2D eigenvalue weighted by atomic mass is 9.77. The maximum Gasteiger partial charge on any atom is 0.561 e. The smallest absolute Gasteiger partial charge is 0.508 e. The fourth-order valence-corrected chi connectivity index (χ4v) is 2.97. The second-order valence-electron chi connectivity index (χ2n) is 5.99. The van der Waals surface area contributed by atoms with Crippen LogP contribution in [0.15, 0.2) is 61.1 Å². The van der Waals surface area contributed by atoms with Crippen molar-refractivity contribution in [2.45, 2.75) is 0 Å². The Bertz CT molecular complexity index is 1160. The molecule has 136 valence electrons. The summed E-state index contributed by atoms with van der Waals surface area (Å²) in [6.07, 6.45) is 4.80. The molecule has 8 nitrogen and oxygen atoms in total. The van der Waals surface area contributed by atoms with Crippen LogP contribution in [0.5, 0.6) is 0 Å². The molecule has 28 heavy (non-hydrogen) atoms. The molecule has 0 bridgehead atoms. The van der Waals surface area contributed by atoms with E-state index in [0.29, 0.717) is 22.5 Å². The average molecular weight is 371 g/mol. The second kappa shape index (κ2) is 7.41. The number of nitrogens with two attached hydrogens (primary N) is 1. The van der Waals surface area contributed by atoms with Crippen molar-refractivity contribution in [2.24, 2.45) is 0 Å². The van der Waals surface area contributed by atoms with E-state index in [4.69, 9.17) is 5.73 Å². The molecule has 3 N–H and O–H groups in total. The molecule has 4 rings (SSSR count). The number of nitrogens with zero attached hydrogens (tertiary/aromatic N) is 4. The Balaban J connectivity index is 1.92. The summed E-state index contributed by atoms with van der Waals surface area (Å²) in [6, 6.07) is 12.5. The number of anilines is 1. The van der Waals surface area contributed by atoms with Crippen LogP contribution >= 0.6 is 0 Å². The molecule has 0 aliphatic rings. The lowest BCUT2D eigenvalue weighted by Crippen LogP contribution is -2.33. The summed E-state index contributed by atoms with van der Waals surface area (Å²) in [5, 5.41) is 18.9. The van der Waals surface area contributed by atoms with E-state index in [1.165, 1.54) is 6.20 Å². The first-order valence-electron chi connectivity index (χ1n) is 8.37. The molecule has 2 aromatic carbocycles. The van der Waals surface area contributed by atoms with Gasteiger partial charge in [-0.2, -0.15) is 10.2 Å². The molecule has 2 aromatic heterocycles. The van der Waals surface area contributed by atoms with Crippen LogP contribution in [0.1, 0.15) is 0 Å². The van der Waals surface area contributed by atoms with Crippen molar-refractivity contribution in [3.63, 3.8) is 0 Å². The Morgan fingerprint density at radius 1 is 1.07 bits per heavy atom. The highest BCUT2D eigenvalue weighted by Crippen LogP contribution is 2.31. The van der Waals surface area contributed by atoms with Crippen molar-refractivity contribution in [2.75, 3.05) is 5.73 Å². The highest BCUT2D eigenvalue weighted by molar-refractivity contribution is 6.61. The van der Waals surface area contributed by atoms with E-state index < -0.39 is 7.12 Å². The van der Waals surface area contributed by atoms with Gasteiger partial charge >= 0.3 is 7.12 Å². The van der Waals surface area contributed by atoms with Crippen LogP contribution in [0.4, 0.5) is 5.69 Å². The molecule has 2 heterocycles. The van der Waals surface area contributed by atoms with Crippen molar-refractivity contribution in [3.05, 3.63) is 61.1 Å². The molecule has 0 unspecified atom stereocenters. The first-order valence-corrected chi connectivity index (χ1v) is 8.37. The summed E-state index contributed by atoms with van der Waals surface area (Å²) >= 11 is 0. The number of aromatic nitrogens is 4. The van der Waals surface area contributed by atoms with E-state index in [1.807, 2.05) is 18.2 Å². The van der Waals surface area contributed by atoms with Gasteiger partial charge in [-0.1, -0.05) is 24.3 Å². The third-order valence-corrected chi connectivity index (χ3v) is 4.30. The standard InChI is InChI=1S/C19H14BN5O3/c21-17-10-24-25-18-8-12(2-4-15(17)18)16-9-13(20(27)28-11-26)3-5-14(16)19-22-6-1-7-23-19/h1-11,27H,(H2,21,25). The van der Waals surface area contributed by atoms with Gasteiger partial charge in [0.2, 0.25) is 0 Å². The number of rotatable bonds is 5. The van der Waals surface area contributed by atoms with Gasteiger partial charge in [-0.15, -0.1) is 0 Å². The first-order chi connectivity index (χ1) is 13.7. The van der Waals surface area contributed by atoms with Gasteiger partial charge in [-0.3, -0.25) is 4.79 Å². The molecule has 0 amide bonds. The van der Waals surface area contributed by atoms with E-state index in [2.05, 4.69) is 24.8 Å². The number of nitrogen functional groups attached to an aromatic ring is 1. The normalized spacial score (nSPS) is 10.6. The number of hydrogen-bond acceptors (Lipinski definition) is 8. The van der Waals surface area contributed by atoms with Crippen LogP contribution in [-0.4, -0.2) is 38.8 Å². The molecule has 0 saturated carbocycles. The molecule has 0 spiro atoms. The average Bonchev–Trinajstić information content (AvgIpc) is 2.74. The van der Waals surface area contributed by atoms with Gasteiger partial charge in [-0.05, 0) is 34.8 Å². The van der Waals surface area contributed by atoms with Crippen LogP contribution in [0.2, 0.25) is 0 Å². The van der Waals surface area contributed by atoms with Crippen molar-refractivity contribution < 1.29 is 14.5 Å². The van der Waals surface area contributed by atoms with Gasteiger partial charge in [0.15, 0.2) is 5.82 Å². The predicted molar refractivity (Wildman–Crippen MR) is 105 cm³/mol. The summed E-state index contributed by atoms with van der Waals surface area (Å²) in [4.78, 5) is 19.2. The van der Waals surface area contributed by atoms with Crippen molar-refractivity contribution in [1.29, 1.82) is 0 Å². The molecule has 0 saturated heterocycles. The Morgan fingerprint density at radius 2 is 1.89 bits per heavy atom. The number of carbonyl (C=O) groups excluding carboxylic acids is 1. The van der Waals surface area contributed by atoms with Gasteiger partial charge in [0.25, 0.3) is 6.47 Å². The van der Waals surface area contributed by atoms with Gasteiger partial charge in [-0.25, -0.2) is 9.97 Å². The maximum atomic E-state index is 10.6. The monoisotopic (exact) mass is 371 g/mol. The largest absolute Gasteiger partial charge is 0.561 e. The van der Waals surface area contributed by atoms with Gasteiger partial charge in [0, 0.05) is 23.3 Å². The Morgan fingerprint density at radius 3 is 2.68 bits per heavy atom. The molecule has 4 aromatic rings. The highest BCUT2D eigenvalue weighted by Gasteiger charge is 2.21. The minimum absolute atomic E-state index is 0.201. The zero-order valence-corrected chi connectivity index (χ0v) is 14.6. The third-order valence-electron chi connectivity index (χ3n) is 4.30. The topological polar surface area (TPSA) is 124 Å². The van der Waals surface area contributed by atoms with Gasteiger partial charge in [0.1, 0.15) is 0 Å². The Kier molecular flexibility index (Phi) is 4.65. The third kappa shape index (κ3) is 3.26. The maximum absolute atomic E-state index is 10.6. The van der Waals surface area contributed by atoms with Crippen LogP contribution in [0.3, 0.4) is 0 Å². The SMILES string of the molecule is Nc1cnnc2cc(-c3cc(B(O)OC=O)ccc3-c3ncccn3)ccc12. The summed E-state index contributed by atoms with van der Waals surface area (Å²) in [5.74, 6) is 0.522. The summed E-state index contributed by atoms with van der Waals surface area (Å²) in [5.41, 5.74) is 9.83. The van der Waals surface area contributed by atoms with Crippen molar-refractivity contribution in [1.82, 2.24) is 20.2 Å². The zero-order valence-electron chi connectivity index (χ0n) is 14.6. The van der Waals surface area contributed by atoms with E-state index in [9.17, 15) is 9.82 Å². The summed E-state index contributed by atoms with van der Waals surface area (Å²) in [7, 11) is -1.38. The summed E-state index contributed by atoms with van der Waals surface area (Å²) < 4.78 is 4.66. The molecule has 0 radical (unpaired) electrons. The molecule has 0 aliphatic heterocycles. The van der Waals surface area contributed by atoms with Gasteiger partial charge in [0.05, 0.1) is 17.4 Å². The van der Waals surface area contributed by atoms with Crippen LogP contribution in [-0.2, 0) is 9.45 Å². The first kappa shape index (κ1) is 17.6. The van der Waals surface area contributed by atoms with Crippen LogP contribution in [0.25, 0.3) is 33.4 Å². The number of hydrogen-bond donors (Lipinski definition) is 2. The van der Waals surface area contributed by atoms with Crippen molar-refractivity contribution in [3.8, 4) is 22.5 Å². The minimum Gasteiger partial charge on any atom is -0.508 e. The van der Waals surface area contributed by atoms with E-state index in [0.717, 1.165) is 22.1 Å². The highest BCUT2D eigenvalue weighted by atomic mass is 16.5. The molecule has 0 aliphatic carbocycles. The predicted octanol–water partition coefficient (Wildman–Crippen LogP) is 1.20. The number of fused-ring (bicyclic) bond motifs is 1. The molecular formula is C19H14BN5O3. The second-order valence-corrected chi connectivity index (χ2v) is 5.99. The molecular weight excluding hydrogens is 357 g/mol. The minimum atomic E-state index is -1.38. The Labute approximate surface area is 160 Å². The fraction of sp³-hybridized carbons (Fsp3) is 0. The van der Waals surface area contributed by atoms with E-state index in [-0.39, 0.29) is 6.47 Å². The zero-order chi connectivity index (χ0) is 19.5. The lowest BCUT2D eigenvalue weighted by Gasteiger charge is -2.13. The number of benzene rings is 2. The van der Waals surface area contributed by atoms with Crippen molar-refractivity contribution >= 4 is 35.6 Å². The lowest BCUT2D eigenvalue weighted by molar-refractivity contribution is -0.121. The van der Waals surface area contributed by atoms with E-state index in [1.54, 1.807) is 36.7 Å². The Hall–Kier alpha value is -3.85. The number of carbonyl (C=O) groups is 1. The molecule has 0 atom stereocenters. The van der Waals surface area contributed by atoms with E-state index >= 15 is 0 Å². The van der Waals surface area contributed by atoms with Gasteiger partial charge < -0.3 is 15.4 Å². The summed E-state index contributed by atoms with van der Waals surface area (Å²) in [6.45, 7) is 0.201. The molecule has 0 fully saturated rings. The fourth-order valence-electron chi connectivity index (χ4n) is 2.97. The molecule has 9 heteroatoms. The quantitative estimate of drug-likeness (QED) is 0.396. The van der Waals surface area contributed by atoms with Crippen LogP contribution < -0.4 is 11.2 Å².